The van der Waals surface area contributed by atoms with E-state index in [9.17, 15) is 0 Å². The quantitative estimate of drug-likeness (QED) is 0.564. The zero-order valence-electron chi connectivity index (χ0n) is 9.00. The molecule has 0 amide bonds. The Morgan fingerprint density at radius 1 is 1.00 bits per heavy atom. The van der Waals surface area contributed by atoms with Gasteiger partial charge in [-0.15, -0.1) is 0 Å². The minimum absolute atomic E-state index is 0.872. The Bertz CT molecular complexity index is 168. The van der Waals surface area contributed by atoms with Gasteiger partial charge < -0.3 is 0 Å². The van der Waals surface area contributed by atoms with Crippen molar-refractivity contribution in [3.05, 3.63) is 24.3 Å². The van der Waals surface area contributed by atoms with Crippen molar-refractivity contribution in [2.75, 3.05) is 0 Å². The summed E-state index contributed by atoms with van der Waals surface area (Å²) in [6, 6.07) is 0. The van der Waals surface area contributed by atoms with Gasteiger partial charge in [0.15, 0.2) is 0 Å². The first-order chi connectivity index (χ1) is 6.36. The standard InChI is InChI=1S/C13H22/c1-3-5-7-13-10-8-12(6-4-2)9-11-13/h4-7,12-13H,3,8-11H2,1-2H3/b6-4+,7-5+. The van der Waals surface area contributed by atoms with E-state index in [-0.39, 0.29) is 0 Å². The van der Waals surface area contributed by atoms with Crippen LogP contribution in [0, 0.1) is 11.8 Å². The number of hydrogen-bond acceptors (Lipinski definition) is 0. The first-order valence-electron chi connectivity index (χ1n) is 5.66. The summed E-state index contributed by atoms with van der Waals surface area (Å²) in [5.41, 5.74) is 0. The van der Waals surface area contributed by atoms with Crippen LogP contribution in [0.2, 0.25) is 0 Å². The van der Waals surface area contributed by atoms with Gasteiger partial charge in [0, 0.05) is 0 Å². The monoisotopic (exact) mass is 178 g/mol. The molecule has 0 atom stereocenters. The lowest BCUT2D eigenvalue weighted by atomic mass is 9.82. The molecule has 0 nitrogen and oxygen atoms in total. The van der Waals surface area contributed by atoms with Gasteiger partial charge in [-0.1, -0.05) is 31.2 Å². The maximum atomic E-state index is 2.42. The fourth-order valence-corrected chi connectivity index (χ4v) is 2.13. The highest BCUT2D eigenvalue weighted by Gasteiger charge is 2.16. The SMILES string of the molecule is C/C=C/C1CCC(/C=C/CC)CC1. The zero-order chi connectivity index (χ0) is 9.52. The van der Waals surface area contributed by atoms with Gasteiger partial charge >= 0.3 is 0 Å². The highest BCUT2D eigenvalue weighted by Crippen LogP contribution is 2.30. The smallest absolute Gasteiger partial charge is 0.0233 e. The van der Waals surface area contributed by atoms with Crippen molar-refractivity contribution in [1.29, 1.82) is 0 Å². The normalized spacial score (nSPS) is 30.3. The summed E-state index contributed by atoms with van der Waals surface area (Å²) < 4.78 is 0. The van der Waals surface area contributed by atoms with Gasteiger partial charge in [0.2, 0.25) is 0 Å². The number of rotatable bonds is 3. The third-order valence-corrected chi connectivity index (χ3v) is 2.93. The van der Waals surface area contributed by atoms with E-state index < -0.39 is 0 Å². The van der Waals surface area contributed by atoms with E-state index in [0.29, 0.717) is 0 Å². The molecule has 0 heteroatoms. The molecule has 0 bridgehead atoms. The van der Waals surface area contributed by atoms with Crippen LogP contribution in [0.3, 0.4) is 0 Å². The molecule has 13 heavy (non-hydrogen) atoms. The van der Waals surface area contributed by atoms with Crippen molar-refractivity contribution < 1.29 is 0 Å². The molecule has 0 aliphatic heterocycles. The molecule has 0 unspecified atom stereocenters. The molecule has 0 aromatic heterocycles. The topological polar surface area (TPSA) is 0 Å². The maximum absolute atomic E-state index is 2.42. The predicted molar refractivity (Wildman–Crippen MR) is 59.7 cm³/mol. The first kappa shape index (κ1) is 10.6. The van der Waals surface area contributed by atoms with Crippen LogP contribution in [-0.4, -0.2) is 0 Å². The lowest BCUT2D eigenvalue weighted by molar-refractivity contribution is 0.356. The molecule has 0 radical (unpaired) electrons. The second kappa shape index (κ2) is 6.01. The van der Waals surface area contributed by atoms with Crippen molar-refractivity contribution in [2.24, 2.45) is 11.8 Å². The van der Waals surface area contributed by atoms with E-state index in [1.54, 1.807) is 0 Å². The summed E-state index contributed by atoms with van der Waals surface area (Å²) in [6.45, 7) is 4.34. The lowest BCUT2D eigenvalue weighted by Gasteiger charge is -2.24. The van der Waals surface area contributed by atoms with Crippen molar-refractivity contribution >= 4 is 0 Å². The molecule has 0 N–H and O–H groups in total. The molecule has 74 valence electrons. The Labute approximate surface area is 82.7 Å². The molecule has 1 aliphatic rings. The highest BCUT2D eigenvalue weighted by atomic mass is 14.2. The van der Waals surface area contributed by atoms with Crippen molar-refractivity contribution in [1.82, 2.24) is 0 Å². The van der Waals surface area contributed by atoms with Gasteiger partial charge in [-0.2, -0.15) is 0 Å². The van der Waals surface area contributed by atoms with Gasteiger partial charge in [-0.05, 0) is 50.9 Å². The van der Waals surface area contributed by atoms with Gasteiger partial charge in [0.1, 0.15) is 0 Å². The van der Waals surface area contributed by atoms with Crippen molar-refractivity contribution in [3.8, 4) is 0 Å². The molecular formula is C13H22. The summed E-state index contributed by atoms with van der Waals surface area (Å²) in [4.78, 5) is 0. The van der Waals surface area contributed by atoms with Gasteiger partial charge in [0.05, 0.1) is 0 Å². The fraction of sp³-hybridized carbons (Fsp3) is 0.692. The van der Waals surface area contributed by atoms with Crippen LogP contribution in [-0.2, 0) is 0 Å². The summed E-state index contributed by atoms with van der Waals surface area (Å²) in [5, 5.41) is 0. The van der Waals surface area contributed by atoms with Gasteiger partial charge in [-0.3, -0.25) is 0 Å². The molecule has 1 saturated carbocycles. The zero-order valence-corrected chi connectivity index (χ0v) is 9.00. The number of hydrogen-bond donors (Lipinski definition) is 0. The van der Waals surface area contributed by atoms with Crippen LogP contribution in [0.15, 0.2) is 24.3 Å². The van der Waals surface area contributed by atoms with Crippen LogP contribution in [0.25, 0.3) is 0 Å². The Balaban J connectivity index is 2.26. The largest absolute Gasteiger partial charge is 0.0914 e. The minimum atomic E-state index is 0.872. The van der Waals surface area contributed by atoms with Crippen LogP contribution in [0.5, 0.6) is 0 Å². The molecule has 0 saturated heterocycles. The van der Waals surface area contributed by atoms with E-state index in [1.165, 1.54) is 32.1 Å². The Morgan fingerprint density at radius 2 is 1.54 bits per heavy atom. The second-order valence-electron chi connectivity index (χ2n) is 4.04. The summed E-state index contributed by atoms with van der Waals surface area (Å²) in [7, 11) is 0. The average Bonchev–Trinajstić information content (AvgIpc) is 2.17. The molecule has 1 rings (SSSR count). The minimum Gasteiger partial charge on any atom is -0.0914 e. The van der Waals surface area contributed by atoms with Crippen molar-refractivity contribution in [3.63, 3.8) is 0 Å². The van der Waals surface area contributed by atoms with Gasteiger partial charge in [0.25, 0.3) is 0 Å². The Hall–Kier alpha value is -0.520. The van der Waals surface area contributed by atoms with E-state index in [0.717, 1.165) is 11.8 Å². The highest BCUT2D eigenvalue weighted by molar-refractivity contribution is 4.94. The van der Waals surface area contributed by atoms with Crippen LogP contribution < -0.4 is 0 Å². The molecule has 0 spiro atoms. The summed E-state index contributed by atoms with van der Waals surface area (Å²) >= 11 is 0. The van der Waals surface area contributed by atoms with E-state index in [4.69, 9.17) is 0 Å². The van der Waals surface area contributed by atoms with E-state index >= 15 is 0 Å². The molecule has 0 heterocycles. The summed E-state index contributed by atoms with van der Waals surface area (Å²) in [6.07, 6.45) is 16.1. The number of allylic oxidation sites excluding steroid dienone is 4. The van der Waals surface area contributed by atoms with Crippen LogP contribution in [0.1, 0.15) is 46.0 Å². The Kier molecular flexibility index (Phi) is 4.88. The lowest BCUT2D eigenvalue weighted by Crippen LogP contribution is -2.10. The third kappa shape index (κ3) is 3.80. The first-order valence-corrected chi connectivity index (χ1v) is 5.66. The van der Waals surface area contributed by atoms with Crippen LogP contribution >= 0.6 is 0 Å². The maximum Gasteiger partial charge on any atom is -0.0233 e. The predicted octanol–water partition coefficient (Wildman–Crippen LogP) is 4.34. The molecule has 1 aliphatic carbocycles. The van der Waals surface area contributed by atoms with Gasteiger partial charge in [-0.25, -0.2) is 0 Å². The fourth-order valence-electron chi connectivity index (χ4n) is 2.13. The average molecular weight is 178 g/mol. The van der Waals surface area contributed by atoms with E-state index in [1.807, 2.05) is 0 Å². The van der Waals surface area contributed by atoms with Crippen LogP contribution in [0.4, 0.5) is 0 Å². The Morgan fingerprint density at radius 3 is 2.00 bits per heavy atom. The molecule has 1 fully saturated rings. The molecule has 0 aromatic carbocycles. The molecule has 0 aromatic rings. The molecular weight excluding hydrogens is 156 g/mol. The van der Waals surface area contributed by atoms with Crippen molar-refractivity contribution in [2.45, 2.75) is 46.0 Å². The van der Waals surface area contributed by atoms with E-state index in [2.05, 4.69) is 38.2 Å². The summed E-state index contributed by atoms with van der Waals surface area (Å²) in [5.74, 6) is 1.75. The third-order valence-electron chi connectivity index (χ3n) is 2.93. The second-order valence-corrected chi connectivity index (χ2v) is 4.04.